The molecule has 0 N–H and O–H groups in total. The van der Waals surface area contributed by atoms with Crippen molar-refractivity contribution in [1.29, 1.82) is 0 Å². The first-order chi connectivity index (χ1) is 10.9. The van der Waals surface area contributed by atoms with E-state index in [9.17, 15) is 5.26 Å². The highest BCUT2D eigenvalue weighted by molar-refractivity contribution is 6.07. The van der Waals surface area contributed by atoms with Crippen LogP contribution in [0.25, 0.3) is 32.7 Å². The molecule has 2 nitrogen and oxygen atoms in total. The maximum Gasteiger partial charge on any atom is 0.177 e. The van der Waals surface area contributed by atoms with Crippen LogP contribution < -0.4 is 4.89 Å². The van der Waals surface area contributed by atoms with Crippen molar-refractivity contribution in [3.8, 4) is 16.9 Å². The van der Waals surface area contributed by atoms with E-state index in [0.717, 1.165) is 32.7 Å². The number of rotatable bonds is 2. The minimum Gasteiger partial charge on any atom is -0.305 e. The number of hydrogen-bond donors (Lipinski definition) is 0. The Balaban J connectivity index is 2.16. The first-order valence-corrected chi connectivity index (χ1v) is 7.10. The lowest BCUT2D eigenvalue weighted by Gasteiger charge is -2.12. The molecule has 4 aromatic carbocycles. The zero-order chi connectivity index (χ0) is 14.9. The van der Waals surface area contributed by atoms with Crippen LogP contribution in [0.4, 0.5) is 0 Å². The number of hydrogen-bond acceptors (Lipinski definition) is 1. The Bertz CT molecular complexity index is 968. The van der Waals surface area contributed by atoms with Gasteiger partial charge in [-0.05, 0) is 33.7 Å². The molecule has 0 aromatic heterocycles. The van der Waals surface area contributed by atoms with E-state index in [1.807, 2.05) is 60.7 Å². The summed E-state index contributed by atoms with van der Waals surface area (Å²) in [5.74, 6) is 0.325. The van der Waals surface area contributed by atoms with Crippen molar-refractivity contribution in [3.63, 3.8) is 0 Å². The topological polar surface area (TPSA) is 29.1 Å². The molecule has 2 radical (unpaired) electrons. The van der Waals surface area contributed by atoms with Crippen molar-refractivity contribution < 1.29 is 10.1 Å². The van der Waals surface area contributed by atoms with Crippen LogP contribution in [0.1, 0.15) is 0 Å². The summed E-state index contributed by atoms with van der Waals surface area (Å²) in [5, 5.41) is 15.4. The fraction of sp³-hybridized carbons (Fsp3) is 0. The molecule has 0 spiro atoms. The van der Waals surface area contributed by atoms with E-state index >= 15 is 0 Å². The van der Waals surface area contributed by atoms with Crippen molar-refractivity contribution >= 4 is 21.5 Å². The van der Waals surface area contributed by atoms with Gasteiger partial charge in [0.2, 0.25) is 0 Å². The molecule has 0 unspecified atom stereocenters. The van der Waals surface area contributed by atoms with E-state index in [4.69, 9.17) is 0 Å². The smallest absolute Gasteiger partial charge is 0.177 e. The highest BCUT2D eigenvalue weighted by Crippen LogP contribution is 2.39. The molecule has 0 fully saturated rings. The molecule has 0 aliphatic rings. The molecule has 2 heteroatoms. The van der Waals surface area contributed by atoms with Crippen molar-refractivity contribution in [2.24, 2.45) is 0 Å². The molecule has 4 rings (SSSR count). The van der Waals surface area contributed by atoms with Gasteiger partial charge in [-0.3, -0.25) is 0 Å². The maximum atomic E-state index is 11.2. The lowest BCUT2D eigenvalue weighted by molar-refractivity contribution is -0.208. The molecule has 0 heterocycles. The molecule has 0 aliphatic carbocycles. The van der Waals surface area contributed by atoms with E-state index < -0.39 is 0 Å². The minimum atomic E-state index is 0.325. The zero-order valence-electron chi connectivity index (χ0n) is 11.7. The first-order valence-electron chi connectivity index (χ1n) is 7.10. The van der Waals surface area contributed by atoms with Crippen molar-refractivity contribution in [2.75, 3.05) is 0 Å². The van der Waals surface area contributed by atoms with E-state index in [1.54, 1.807) is 6.07 Å². The summed E-state index contributed by atoms with van der Waals surface area (Å²) in [6.45, 7) is 0. The molecule has 0 aliphatic heterocycles. The van der Waals surface area contributed by atoms with Gasteiger partial charge in [0.15, 0.2) is 5.75 Å². The van der Waals surface area contributed by atoms with Crippen molar-refractivity contribution in [2.45, 2.75) is 0 Å². The summed E-state index contributed by atoms with van der Waals surface area (Å²) in [5.41, 5.74) is 1.69. The first kappa shape index (κ1) is 12.9. The van der Waals surface area contributed by atoms with Gasteiger partial charge < -0.3 is 4.89 Å². The van der Waals surface area contributed by atoms with E-state index in [2.05, 4.69) is 17.0 Å². The Morgan fingerprint density at radius 1 is 0.727 bits per heavy atom. The molecule has 104 valence electrons. The van der Waals surface area contributed by atoms with Gasteiger partial charge >= 0.3 is 0 Å². The third-order valence-electron chi connectivity index (χ3n) is 3.95. The Kier molecular flexibility index (Phi) is 3.02. The predicted molar refractivity (Wildman–Crippen MR) is 87.0 cm³/mol. The standard InChI is InChI=1S/C20H12O2/c21-22-19-13-12-15-7-2-4-10-17(15)20(19)18-11-5-8-14-6-1-3-9-16(14)18/h1-10,12-13H. The summed E-state index contributed by atoms with van der Waals surface area (Å²) in [7, 11) is 0. The lowest BCUT2D eigenvalue weighted by atomic mass is 9.93. The SMILES string of the molecule is [O]Oc1ccc2ccccc2c1-c1[c]ccc2ccccc12. The largest absolute Gasteiger partial charge is 0.305 e. The Labute approximate surface area is 128 Å². The molecular weight excluding hydrogens is 272 g/mol. The lowest BCUT2D eigenvalue weighted by Crippen LogP contribution is -1.90. The predicted octanol–water partition coefficient (Wildman–Crippen LogP) is 5.18. The molecule has 0 bridgehead atoms. The zero-order valence-corrected chi connectivity index (χ0v) is 11.7. The van der Waals surface area contributed by atoms with E-state index in [0.29, 0.717) is 5.75 Å². The van der Waals surface area contributed by atoms with Crippen LogP contribution in [0.3, 0.4) is 0 Å². The third-order valence-corrected chi connectivity index (χ3v) is 3.95. The summed E-state index contributed by atoms with van der Waals surface area (Å²) >= 11 is 0. The van der Waals surface area contributed by atoms with Crippen LogP contribution in [0.2, 0.25) is 0 Å². The van der Waals surface area contributed by atoms with Crippen LogP contribution in [0, 0.1) is 6.07 Å². The fourth-order valence-electron chi connectivity index (χ4n) is 2.95. The molecule has 22 heavy (non-hydrogen) atoms. The van der Waals surface area contributed by atoms with Crippen LogP contribution in [-0.4, -0.2) is 0 Å². The summed E-state index contributed by atoms with van der Waals surface area (Å²) in [6.07, 6.45) is 0. The van der Waals surface area contributed by atoms with Gasteiger partial charge in [-0.2, -0.15) is 0 Å². The van der Waals surface area contributed by atoms with E-state index in [1.165, 1.54) is 0 Å². The van der Waals surface area contributed by atoms with Crippen LogP contribution in [0.15, 0.2) is 72.8 Å². The Hall–Kier alpha value is -2.84. The number of fused-ring (bicyclic) bond motifs is 2. The highest BCUT2D eigenvalue weighted by Gasteiger charge is 2.14. The van der Waals surface area contributed by atoms with Gasteiger partial charge in [0.05, 0.1) is 0 Å². The molecule has 4 aromatic rings. The van der Waals surface area contributed by atoms with Gasteiger partial charge in [0.25, 0.3) is 0 Å². The molecule has 0 atom stereocenters. The van der Waals surface area contributed by atoms with Gasteiger partial charge in [0, 0.05) is 16.4 Å². The average Bonchev–Trinajstić information content (AvgIpc) is 2.60. The normalized spacial score (nSPS) is 11.0. The average molecular weight is 284 g/mol. The fourth-order valence-corrected chi connectivity index (χ4v) is 2.95. The van der Waals surface area contributed by atoms with Crippen LogP contribution >= 0.6 is 0 Å². The van der Waals surface area contributed by atoms with Gasteiger partial charge in [-0.25, -0.2) is 0 Å². The second-order valence-corrected chi connectivity index (χ2v) is 5.18. The monoisotopic (exact) mass is 284 g/mol. The van der Waals surface area contributed by atoms with E-state index in [-0.39, 0.29) is 0 Å². The Morgan fingerprint density at radius 2 is 1.41 bits per heavy atom. The molecular formula is C20H12O2. The minimum absolute atomic E-state index is 0.325. The summed E-state index contributed by atoms with van der Waals surface area (Å²) in [4.78, 5) is 4.39. The van der Waals surface area contributed by atoms with Crippen molar-refractivity contribution in [3.05, 3.63) is 78.9 Å². The van der Waals surface area contributed by atoms with Crippen LogP contribution in [0.5, 0.6) is 5.75 Å². The van der Waals surface area contributed by atoms with Gasteiger partial charge in [0.1, 0.15) is 0 Å². The Morgan fingerprint density at radius 3 is 2.18 bits per heavy atom. The summed E-state index contributed by atoms with van der Waals surface area (Å²) < 4.78 is 0. The maximum absolute atomic E-state index is 11.2. The molecule has 0 amide bonds. The quantitative estimate of drug-likeness (QED) is 0.368. The van der Waals surface area contributed by atoms with Gasteiger partial charge in [-0.1, -0.05) is 66.7 Å². The highest BCUT2D eigenvalue weighted by atomic mass is 17.1. The van der Waals surface area contributed by atoms with Gasteiger partial charge in [-0.15, -0.1) is 0 Å². The number of benzene rings is 4. The summed E-state index contributed by atoms with van der Waals surface area (Å²) in [6, 6.07) is 26.9. The van der Waals surface area contributed by atoms with Crippen molar-refractivity contribution in [1.82, 2.24) is 0 Å². The molecule has 0 saturated carbocycles. The van der Waals surface area contributed by atoms with Crippen LogP contribution in [-0.2, 0) is 5.26 Å². The second-order valence-electron chi connectivity index (χ2n) is 5.18. The second kappa shape index (κ2) is 5.17. The third kappa shape index (κ3) is 1.93. The molecule has 0 saturated heterocycles.